The van der Waals surface area contributed by atoms with E-state index < -0.39 is 12.0 Å². The number of hydrogen-bond donors (Lipinski definition) is 2. The zero-order valence-corrected chi connectivity index (χ0v) is 34.4. The number of aliphatic carboxylic acids is 1. The topological polar surface area (TPSA) is 110 Å². The van der Waals surface area contributed by atoms with Crippen molar-refractivity contribution in [1.29, 1.82) is 0 Å². The number of halogens is 1. The molecule has 0 bridgehead atoms. The zero-order valence-electron chi connectivity index (χ0n) is 33.6. The maximum atomic E-state index is 12.2. The summed E-state index contributed by atoms with van der Waals surface area (Å²) in [5.74, 6) is -0.0649. The fraction of sp³-hybridized carbons (Fsp3) is 0.756. The van der Waals surface area contributed by atoms with Crippen molar-refractivity contribution >= 4 is 34.7 Å². The largest absolute Gasteiger partial charge is 0.481 e. The number of ether oxygens (including phenoxy) is 1. The number of nitrogens with one attached hydrogen (secondary N) is 1. The van der Waals surface area contributed by atoms with Crippen LogP contribution in [0.1, 0.15) is 135 Å². The summed E-state index contributed by atoms with van der Waals surface area (Å²) in [5, 5.41) is 11.0. The highest BCUT2D eigenvalue weighted by atomic mass is 35.5. The average molecular weight is 710 g/mol. The van der Waals surface area contributed by atoms with Crippen LogP contribution in [0.25, 0.3) is 0 Å². The molecule has 1 amide bonds. The zero-order chi connectivity index (χ0) is 38.7. The highest BCUT2D eigenvalue weighted by Gasteiger charge is 2.29. The van der Waals surface area contributed by atoms with Crippen LogP contribution in [0.15, 0.2) is 30.3 Å². The smallest absolute Gasteiger partial charge is 0.328 e. The minimum absolute atomic E-state index is 0.0123. The minimum atomic E-state index is -0.708. The lowest BCUT2D eigenvalue weighted by Crippen LogP contribution is -2.46. The number of carboxylic acid groups (broad SMARTS) is 1. The molecule has 2 N–H and O–H groups in total. The van der Waals surface area contributed by atoms with Crippen LogP contribution in [0.5, 0.6) is 0 Å². The first-order valence-electron chi connectivity index (χ1n) is 18.3. The van der Waals surface area contributed by atoms with Crippen LogP contribution >= 0.6 is 11.6 Å². The second-order valence-corrected chi connectivity index (χ2v) is 17.4. The van der Waals surface area contributed by atoms with Crippen LogP contribution in [0.2, 0.25) is 0 Å². The van der Waals surface area contributed by atoms with Crippen LogP contribution in [-0.2, 0) is 30.3 Å². The number of carbonyl (C=O) groups excluding carboxylic acids is 3. The number of benzene rings is 1. The van der Waals surface area contributed by atoms with Crippen LogP contribution in [0.3, 0.4) is 0 Å². The molecular weight excluding hydrogens is 638 g/mol. The Balaban J connectivity index is 0. The molecule has 7 nitrogen and oxygen atoms in total. The number of amides is 1. The molecular formula is C41H72ClNO6. The van der Waals surface area contributed by atoms with Gasteiger partial charge in [-0.25, -0.2) is 4.79 Å². The van der Waals surface area contributed by atoms with Crippen molar-refractivity contribution in [3.8, 4) is 0 Å². The number of carboxylic acids is 1. The first kappa shape index (κ1) is 48.7. The van der Waals surface area contributed by atoms with Gasteiger partial charge in [-0.1, -0.05) is 127 Å². The average Bonchev–Trinajstić information content (AvgIpc) is 2.95. The molecule has 0 saturated carbocycles. The molecule has 1 aromatic rings. The molecule has 0 radical (unpaired) electrons. The third kappa shape index (κ3) is 24.4. The Morgan fingerprint density at radius 3 is 1.63 bits per heavy atom. The summed E-state index contributed by atoms with van der Waals surface area (Å²) in [7, 11) is 0. The Hall–Kier alpha value is -2.41. The normalized spacial score (nSPS) is 15.3. The monoisotopic (exact) mass is 710 g/mol. The Kier molecular flexibility index (Phi) is 23.8. The second kappa shape index (κ2) is 23.9. The van der Waals surface area contributed by atoms with Gasteiger partial charge in [-0.2, -0.15) is 0 Å². The molecule has 0 aromatic heterocycles. The van der Waals surface area contributed by atoms with Gasteiger partial charge >= 0.3 is 11.9 Å². The third-order valence-corrected chi connectivity index (χ3v) is 9.10. The molecule has 0 aliphatic heterocycles. The standard InChI is InChI=1S/C18H35ClO.C17H25NO3.C6H12O2/c1-13(11-17(3,4)5)9-10-15(16(19)20)14(2)12-18(6,7)8;1-5-21-17(20)15(11-14-9-7-6-8-10-14)18-16(19)13(4)12(2)3;1-4(2)5(3)6(7)8/h13-15H,9-12H2,1-8H3;6-10,12-13,15H,5,11H2,1-4H3,(H,18,19);4-5H,1-3H3,(H,7,8)/t;13-,15-;5-/m.00/s1. The molecule has 8 heteroatoms. The fourth-order valence-corrected chi connectivity index (χ4v) is 5.84. The van der Waals surface area contributed by atoms with Crippen molar-refractivity contribution < 1.29 is 29.0 Å². The highest BCUT2D eigenvalue weighted by Crippen LogP contribution is 2.34. The van der Waals surface area contributed by atoms with Crippen molar-refractivity contribution in [2.75, 3.05) is 6.61 Å². The van der Waals surface area contributed by atoms with Gasteiger partial charge < -0.3 is 15.2 Å². The van der Waals surface area contributed by atoms with Crippen LogP contribution < -0.4 is 5.32 Å². The molecule has 0 fully saturated rings. The third-order valence-electron chi connectivity index (χ3n) is 8.82. The van der Waals surface area contributed by atoms with Crippen molar-refractivity contribution in [1.82, 2.24) is 5.32 Å². The quantitative estimate of drug-likeness (QED) is 0.131. The van der Waals surface area contributed by atoms with Crippen molar-refractivity contribution in [3.05, 3.63) is 35.9 Å². The highest BCUT2D eigenvalue weighted by molar-refractivity contribution is 6.64. The Labute approximate surface area is 305 Å². The van der Waals surface area contributed by atoms with E-state index in [4.69, 9.17) is 21.4 Å². The van der Waals surface area contributed by atoms with Gasteiger partial charge in [0.25, 0.3) is 0 Å². The summed E-state index contributed by atoms with van der Waals surface area (Å²) in [5.41, 5.74) is 1.60. The van der Waals surface area contributed by atoms with Gasteiger partial charge in [0.15, 0.2) is 0 Å². The van der Waals surface area contributed by atoms with Gasteiger partial charge in [0.1, 0.15) is 6.04 Å². The van der Waals surface area contributed by atoms with Crippen LogP contribution in [-0.4, -0.2) is 40.8 Å². The van der Waals surface area contributed by atoms with E-state index in [1.165, 1.54) is 6.42 Å². The molecule has 0 spiro atoms. The number of carbonyl (C=O) groups is 4. The molecule has 0 aliphatic carbocycles. The van der Waals surface area contributed by atoms with Gasteiger partial charge in [0, 0.05) is 18.3 Å². The summed E-state index contributed by atoms with van der Waals surface area (Å²) in [6.45, 7) is 31.4. The fourth-order valence-electron chi connectivity index (χ4n) is 5.52. The summed E-state index contributed by atoms with van der Waals surface area (Å²) in [6.07, 6.45) is 4.70. The van der Waals surface area contributed by atoms with E-state index in [2.05, 4.69) is 60.7 Å². The maximum Gasteiger partial charge on any atom is 0.328 e. The molecule has 49 heavy (non-hydrogen) atoms. The Morgan fingerprint density at radius 2 is 1.27 bits per heavy atom. The Bertz CT molecular complexity index is 1090. The first-order valence-corrected chi connectivity index (χ1v) is 18.6. The molecule has 6 atom stereocenters. The molecule has 1 aromatic carbocycles. The lowest BCUT2D eigenvalue weighted by molar-refractivity contribution is -0.148. The molecule has 0 aliphatic rings. The number of hydrogen-bond acceptors (Lipinski definition) is 5. The lowest BCUT2D eigenvalue weighted by Gasteiger charge is -2.29. The van der Waals surface area contributed by atoms with Gasteiger partial charge in [-0.3, -0.25) is 14.4 Å². The van der Waals surface area contributed by atoms with E-state index in [0.29, 0.717) is 30.3 Å². The van der Waals surface area contributed by atoms with E-state index in [1.54, 1.807) is 13.8 Å². The first-order chi connectivity index (χ1) is 22.3. The summed E-state index contributed by atoms with van der Waals surface area (Å²) >= 11 is 5.85. The van der Waals surface area contributed by atoms with E-state index >= 15 is 0 Å². The maximum absolute atomic E-state index is 12.2. The van der Waals surface area contributed by atoms with E-state index in [-0.39, 0.29) is 52.1 Å². The predicted octanol–water partition coefficient (Wildman–Crippen LogP) is 10.2. The summed E-state index contributed by atoms with van der Waals surface area (Å²) in [6, 6.07) is 8.98. The second-order valence-electron chi connectivity index (χ2n) is 17.0. The number of rotatable bonds is 16. The van der Waals surface area contributed by atoms with Crippen molar-refractivity contribution in [2.45, 2.75) is 142 Å². The predicted molar refractivity (Wildman–Crippen MR) is 204 cm³/mol. The molecule has 0 saturated heterocycles. The lowest BCUT2D eigenvalue weighted by atomic mass is 9.76. The van der Waals surface area contributed by atoms with E-state index in [9.17, 15) is 19.2 Å². The van der Waals surface area contributed by atoms with Crippen molar-refractivity contribution in [2.24, 2.45) is 52.3 Å². The van der Waals surface area contributed by atoms with E-state index in [1.807, 2.05) is 65.0 Å². The summed E-state index contributed by atoms with van der Waals surface area (Å²) < 4.78 is 5.06. The SMILES string of the molecule is CC(C)[C@H](C)C(=O)O.CC(CCC(C(=O)Cl)C(C)CC(C)(C)C)CC(C)(C)C.CCOC(=O)[C@H](Cc1ccccc1)NC(=O)[C@@H](C)C(C)C. The molecule has 3 unspecified atom stereocenters. The number of esters is 1. The van der Waals surface area contributed by atoms with Crippen LogP contribution in [0.4, 0.5) is 0 Å². The summed E-state index contributed by atoms with van der Waals surface area (Å²) in [4.78, 5) is 46.1. The van der Waals surface area contributed by atoms with Gasteiger partial charge in [0.2, 0.25) is 11.1 Å². The van der Waals surface area contributed by atoms with Gasteiger partial charge in [0.05, 0.1) is 12.5 Å². The molecule has 1 rings (SSSR count). The van der Waals surface area contributed by atoms with E-state index in [0.717, 1.165) is 24.8 Å². The Morgan fingerprint density at radius 1 is 0.776 bits per heavy atom. The minimum Gasteiger partial charge on any atom is -0.481 e. The van der Waals surface area contributed by atoms with Crippen LogP contribution in [0, 0.1) is 52.3 Å². The molecule has 0 heterocycles. The van der Waals surface area contributed by atoms with Crippen molar-refractivity contribution in [3.63, 3.8) is 0 Å². The molecule has 284 valence electrons. The van der Waals surface area contributed by atoms with Gasteiger partial charge in [-0.15, -0.1) is 0 Å². The van der Waals surface area contributed by atoms with Gasteiger partial charge in [-0.05, 0) is 84.3 Å².